The lowest BCUT2D eigenvalue weighted by molar-refractivity contribution is -0.118. The van der Waals surface area contributed by atoms with Crippen molar-refractivity contribution in [3.8, 4) is 0 Å². The van der Waals surface area contributed by atoms with E-state index in [1.54, 1.807) is 20.8 Å². The van der Waals surface area contributed by atoms with E-state index in [0.717, 1.165) is 23.7 Å². The number of benzene rings is 1. The van der Waals surface area contributed by atoms with Gasteiger partial charge in [-0.05, 0) is 58.1 Å². The van der Waals surface area contributed by atoms with Crippen LogP contribution in [0.5, 0.6) is 0 Å². The summed E-state index contributed by atoms with van der Waals surface area (Å²) in [6.45, 7) is 12.4. The summed E-state index contributed by atoms with van der Waals surface area (Å²) >= 11 is 3.30. The molecule has 2 atom stereocenters. The standard InChI is InChI=1S/C29H49BrN2O8/c1-23(26(11-12-27(31)33)32-28(34)40-29(2,3)4)39-22-25-9-7-24(8-10-25)6-5-14-35-16-18-37-20-21-38-19-17-36-15-13-30/h7-10,23,26H,5-6,11-22H2,1-4H3,(H2,31,33)(H,32,34)/t23-,26+/m1/s1. The van der Waals surface area contributed by atoms with Crippen molar-refractivity contribution in [2.75, 3.05) is 58.2 Å². The highest BCUT2D eigenvalue weighted by molar-refractivity contribution is 9.09. The van der Waals surface area contributed by atoms with E-state index in [2.05, 4.69) is 33.4 Å². The summed E-state index contributed by atoms with van der Waals surface area (Å²) in [6, 6.07) is 7.83. The summed E-state index contributed by atoms with van der Waals surface area (Å²) < 4.78 is 33.2. The van der Waals surface area contributed by atoms with Crippen LogP contribution in [0.4, 0.5) is 4.79 Å². The minimum absolute atomic E-state index is 0.142. The number of halogens is 1. The first-order valence-corrected chi connectivity index (χ1v) is 15.1. The lowest BCUT2D eigenvalue weighted by Crippen LogP contribution is -2.45. The van der Waals surface area contributed by atoms with Crippen molar-refractivity contribution in [1.82, 2.24) is 5.32 Å². The zero-order valence-corrected chi connectivity index (χ0v) is 26.2. The smallest absolute Gasteiger partial charge is 0.407 e. The predicted octanol–water partition coefficient (Wildman–Crippen LogP) is 4.14. The second-order valence-electron chi connectivity index (χ2n) is 10.3. The van der Waals surface area contributed by atoms with Gasteiger partial charge in [-0.25, -0.2) is 4.79 Å². The van der Waals surface area contributed by atoms with Crippen LogP contribution in [-0.4, -0.2) is 87.9 Å². The van der Waals surface area contributed by atoms with Crippen LogP contribution in [-0.2, 0) is 46.2 Å². The number of hydrogen-bond donors (Lipinski definition) is 2. The van der Waals surface area contributed by atoms with E-state index in [0.29, 0.717) is 65.9 Å². The molecule has 2 amide bonds. The molecule has 0 aromatic heterocycles. The fraction of sp³-hybridized carbons (Fsp3) is 0.724. The minimum Gasteiger partial charge on any atom is -0.444 e. The van der Waals surface area contributed by atoms with Crippen LogP contribution in [0.1, 0.15) is 58.1 Å². The Hall–Kier alpha value is -1.76. The molecule has 0 fully saturated rings. The molecule has 0 radical (unpaired) electrons. The van der Waals surface area contributed by atoms with Gasteiger partial charge < -0.3 is 39.5 Å². The molecule has 3 N–H and O–H groups in total. The molecule has 0 heterocycles. The number of amides is 2. The Morgan fingerprint density at radius 1 is 0.875 bits per heavy atom. The Kier molecular flexibility index (Phi) is 19.9. The fourth-order valence-electron chi connectivity index (χ4n) is 3.52. The average molecular weight is 634 g/mol. The third-order valence-corrected chi connectivity index (χ3v) is 5.92. The van der Waals surface area contributed by atoms with Gasteiger partial charge >= 0.3 is 6.09 Å². The minimum atomic E-state index is -0.622. The van der Waals surface area contributed by atoms with Crippen molar-refractivity contribution in [3.63, 3.8) is 0 Å². The summed E-state index contributed by atoms with van der Waals surface area (Å²) in [5, 5.41) is 3.64. The first kappa shape index (κ1) is 36.3. The van der Waals surface area contributed by atoms with Crippen molar-refractivity contribution in [1.29, 1.82) is 0 Å². The molecule has 230 valence electrons. The second-order valence-corrected chi connectivity index (χ2v) is 11.1. The van der Waals surface area contributed by atoms with Gasteiger partial charge in [0.05, 0.1) is 65.0 Å². The molecule has 0 unspecified atom stereocenters. The number of rotatable bonds is 23. The monoisotopic (exact) mass is 632 g/mol. The maximum atomic E-state index is 12.2. The van der Waals surface area contributed by atoms with Gasteiger partial charge in [-0.1, -0.05) is 40.2 Å². The molecule has 1 aromatic rings. The SMILES string of the molecule is C[C@@H](OCc1ccc(CCCOCCOCCOCCOCCBr)cc1)[C@H](CCC(N)=O)NC(=O)OC(C)(C)C. The van der Waals surface area contributed by atoms with Crippen molar-refractivity contribution in [3.05, 3.63) is 35.4 Å². The highest BCUT2D eigenvalue weighted by Gasteiger charge is 2.24. The highest BCUT2D eigenvalue weighted by Crippen LogP contribution is 2.14. The van der Waals surface area contributed by atoms with Gasteiger partial charge in [0.2, 0.25) is 5.91 Å². The Balaban J connectivity index is 2.23. The molecule has 10 nitrogen and oxygen atoms in total. The molecule has 0 aliphatic rings. The number of nitrogens with two attached hydrogens (primary N) is 1. The number of ether oxygens (including phenoxy) is 6. The van der Waals surface area contributed by atoms with Crippen LogP contribution in [0.3, 0.4) is 0 Å². The zero-order chi connectivity index (χ0) is 29.6. The van der Waals surface area contributed by atoms with E-state index in [-0.39, 0.29) is 12.5 Å². The molecule has 0 bridgehead atoms. The molecule has 0 aliphatic carbocycles. The van der Waals surface area contributed by atoms with Gasteiger partial charge in [0.15, 0.2) is 0 Å². The third kappa shape index (κ3) is 20.2. The molecule has 0 saturated carbocycles. The number of primary amides is 1. The van der Waals surface area contributed by atoms with Gasteiger partial charge in [-0.3, -0.25) is 4.79 Å². The third-order valence-electron chi connectivity index (χ3n) is 5.60. The molecular weight excluding hydrogens is 584 g/mol. The summed E-state index contributed by atoms with van der Waals surface area (Å²) in [6.07, 6.45) is 1.45. The Morgan fingerprint density at radius 3 is 1.93 bits per heavy atom. The van der Waals surface area contributed by atoms with Crippen molar-refractivity contribution in [2.24, 2.45) is 5.73 Å². The summed E-state index contributed by atoms with van der Waals surface area (Å²) in [5.74, 6) is -0.429. The Morgan fingerprint density at radius 2 is 1.40 bits per heavy atom. The number of hydrogen-bond acceptors (Lipinski definition) is 8. The van der Waals surface area contributed by atoms with Gasteiger partial charge in [0.1, 0.15) is 5.60 Å². The summed E-state index contributed by atoms with van der Waals surface area (Å²) in [5.41, 5.74) is 6.93. The maximum Gasteiger partial charge on any atom is 0.407 e. The lowest BCUT2D eigenvalue weighted by atomic mass is 10.1. The second kappa shape index (κ2) is 21.9. The fourth-order valence-corrected chi connectivity index (χ4v) is 3.75. The quantitative estimate of drug-likeness (QED) is 0.136. The van der Waals surface area contributed by atoms with Crippen LogP contribution in [0, 0.1) is 0 Å². The lowest BCUT2D eigenvalue weighted by Gasteiger charge is -2.27. The molecule has 1 aromatic carbocycles. The maximum absolute atomic E-state index is 12.2. The van der Waals surface area contributed by atoms with E-state index >= 15 is 0 Å². The van der Waals surface area contributed by atoms with Crippen LogP contribution >= 0.6 is 15.9 Å². The molecular formula is C29H49BrN2O8. The van der Waals surface area contributed by atoms with Gasteiger partial charge in [0, 0.05) is 18.4 Å². The van der Waals surface area contributed by atoms with E-state index in [9.17, 15) is 9.59 Å². The summed E-state index contributed by atoms with van der Waals surface area (Å²) in [4.78, 5) is 23.5. The Bertz CT molecular complexity index is 804. The first-order valence-electron chi connectivity index (χ1n) is 13.9. The largest absolute Gasteiger partial charge is 0.444 e. The predicted molar refractivity (Wildman–Crippen MR) is 158 cm³/mol. The van der Waals surface area contributed by atoms with E-state index in [4.69, 9.17) is 34.2 Å². The van der Waals surface area contributed by atoms with Crippen LogP contribution in [0.15, 0.2) is 24.3 Å². The molecule has 0 aliphatic heterocycles. The van der Waals surface area contributed by atoms with Crippen molar-refractivity contribution >= 4 is 27.9 Å². The van der Waals surface area contributed by atoms with E-state index in [1.165, 1.54) is 5.56 Å². The number of nitrogens with one attached hydrogen (secondary N) is 1. The summed E-state index contributed by atoms with van der Waals surface area (Å²) in [7, 11) is 0. The number of alkyl halides is 1. The van der Waals surface area contributed by atoms with Gasteiger partial charge in [-0.15, -0.1) is 0 Å². The average Bonchev–Trinajstić information content (AvgIpc) is 2.89. The van der Waals surface area contributed by atoms with Crippen LogP contribution in [0.2, 0.25) is 0 Å². The van der Waals surface area contributed by atoms with Gasteiger partial charge in [0.25, 0.3) is 0 Å². The van der Waals surface area contributed by atoms with Gasteiger partial charge in [-0.2, -0.15) is 0 Å². The first-order chi connectivity index (χ1) is 19.1. The zero-order valence-electron chi connectivity index (χ0n) is 24.6. The normalized spacial score (nSPS) is 13.1. The number of carbonyl (C=O) groups is 2. The topological polar surface area (TPSA) is 128 Å². The molecule has 1 rings (SSSR count). The molecule has 40 heavy (non-hydrogen) atoms. The highest BCUT2D eigenvalue weighted by atomic mass is 79.9. The number of aryl methyl sites for hydroxylation is 1. The van der Waals surface area contributed by atoms with Crippen LogP contribution in [0.25, 0.3) is 0 Å². The van der Waals surface area contributed by atoms with Crippen molar-refractivity contribution < 1.29 is 38.0 Å². The molecule has 0 spiro atoms. The van der Waals surface area contributed by atoms with Crippen LogP contribution < -0.4 is 11.1 Å². The molecule has 0 saturated heterocycles. The number of alkyl carbamates (subject to hydrolysis) is 1. The molecule has 11 heteroatoms. The van der Waals surface area contributed by atoms with Crippen molar-refractivity contribution in [2.45, 2.75) is 77.7 Å². The van der Waals surface area contributed by atoms with E-state index < -0.39 is 23.6 Å². The Labute approximate surface area is 248 Å². The number of carbonyl (C=O) groups excluding carboxylic acids is 2. The van der Waals surface area contributed by atoms with E-state index in [1.807, 2.05) is 19.1 Å².